The molecule has 1 aliphatic rings. The van der Waals surface area contributed by atoms with E-state index in [4.69, 9.17) is 5.73 Å². The van der Waals surface area contributed by atoms with Gasteiger partial charge in [0.25, 0.3) is 0 Å². The fourth-order valence-electron chi connectivity index (χ4n) is 2.89. The highest BCUT2D eigenvalue weighted by Crippen LogP contribution is 2.31. The molecule has 23 heavy (non-hydrogen) atoms. The Labute approximate surface area is 140 Å². The van der Waals surface area contributed by atoms with Crippen LogP contribution in [0.1, 0.15) is 57.6 Å². The molecule has 5 heteroatoms. The van der Waals surface area contributed by atoms with Gasteiger partial charge in [0.1, 0.15) is 0 Å². The first kappa shape index (κ1) is 18.0. The lowest BCUT2D eigenvalue weighted by Gasteiger charge is -2.20. The Hall–Kier alpha value is -1.33. The third-order valence-corrected chi connectivity index (χ3v) is 5.54. The van der Waals surface area contributed by atoms with E-state index in [-0.39, 0.29) is 5.75 Å². The molecule has 0 aliphatic heterocycles. The SMILES string of the molecule is CC(C)(C)NS(=O)(=O)CCc1ccc(N)c(C2=CCCCC2)c1. The molecule has 0 fully saturated rings. The summed E-state index contributed by atoms with van der Waals surface area (Å²) in [5.41, 5.74) is 9.83. The molecule has 0 atom stereocenters. The second kappa shape index (κ2) is 7.05. The standard InChI is InChI=1S/C18H28N2O2S/c1-18(2,3)20-23(21,22)12-11-14-9-10-17(19)16(13-14)15-7-5-4-6-8-15/h7,9-10,13,20H,4-6,8,11-12,19H2,1-3H3. The molecule has 0 saturated carbocycles. The lowest BCUT2D eigenvalue weighted by atomic mass is 9.91. The van der Waals surface area contributed by atoms with Crippen LogP contribution in [0.5, 0.6) is 0 Å². The first-order chi connectivity index (χ1) is 10.7. The van der Waals surface area contributed by atoms with Crippen LogP contribution < -0.4 is 10.5 Å². The molecule has 0 amide bonds. The van der Waals surface area contributed by atoms with Gasteiger partial charge in [0.05, 0.1) is 5.75 Å². The summed E-state index contributed by atoms with van der Waals surface area (Å²) in [6, 6.07) is 5.87. The van der Waals surface area contributed by atoms with E-state index in [9.17, 15) is 8.42 Å². The summed E-state index contributed by atoms with van der Waals surface area (Å²) in [6.45, 7) is 5.55. The number of hydrogen-bond acceptors (Lipinski definition) is 3. The average Bonchev–Trinajstić information content (AvgIpc) is 2.45. The fourth-order valence-corrected chi connectivity index (χ4v) is 4.43. The highest BCUT2D eigenvalue weighted by Gasteiger charge is 2.20. The Morgan fingerprint density at radius 2 is 1.96 bits per heavy atom. The third kappa shape index (κ3) is 5.66. The molecule has 2 rings (SSSR count). The van der Waals surface area contributed by atoms with Crippen LogP contribution in [0.25, 0.3) is 5.57 Å². The average molecular weight is 337 g/mol. The first-order valence-electron chi connectivity index (χ1n) is 8.26. The van der Waals surface area contributed by atoms with Crippen LogP contribution in [-0.4, -0.2) is 19.7 Å². The van der Waals surface area contributed by atoms with Crippen molar-refractivity contribution in [3.63, 3.8) is 0 Å². The second-order valence-corrected chi connectivity index (χ2v) is 9.16. The quantitative estimate of drug-likeness (QED) is 0.809. The number of rotatable bonds is 5. The van der Waals surface area contributed by atoms with Crippen LogP contribution in [0.2, 0.25) is 0 Å². The van der Waals surface area contributed by atoms with Gasteiger partial charge in [0.15, 0.2) is 0 Å². The van der Waals surface area contributed by atoms with E-state index in [0.29, 0.717) is 6.42 Å². The van der Waals surface area contributed by atoms with Crippen molar-refractivity contribution < 1.29 is 8.42 Å². The van der Waals surface area contributed by atoms with E-state index in [1.165, 1.54) is 18.4 Å². The van der Waals surface area contributed by atoms with Crippen molar-refractivity contribution >= 4 is 21.3 Å². The zero-order valence-corrected chi connectivity index (χ0v) is 15.2. The maximum Gasteiger partial charge on any atom is 0.212 e. The molecule has 0 saturated heterocycles. The van der Waals surface area contributed by atoms with E-state index < -0.39 is 15.6 Å². The van der Waals surface area contributed by atoms with E-state index in [1.54, 1.807) is 0 Å². The lowest BCUT2D eigenvalue weighted by Crippen LogP contribution is -2.42. The Balaban J connectivity index is 2.11. The highest BCUT2D eigenvalue weighted by molar-refractivity contribution is 7.89. The van der Waals surface area contributed by atoms with Crippen LogP contribution in [0, 0.1) is 0 Å². The molecule has 1 aromatic rings. The van der Waals surface area contributed by atoms with Gasteiger partial charge in [-0.05, 0) is 76.1 Å². The molecular weight excluding hydrogens is 308 g/mol. The van der Waals surface area contributed by atoms with E-state index in [2.05, 4.69) is 16.9 Å². The highest BCUT2D eigenvalue weighted by atomic mass is 32.2. The van der Waals surface area contributed by atoms with Crippen molar-refractivity contribution in [3.8, 4) is 0 Å². The molecule has 1 aliphatic carbocycles. The van der Waals surface area contributed by atoms with Gasteiger partial charge in [-0.1, -0.05) is 12.1 Å². The predicted molar refractivity (Wildman–Crippen MR) is 97.7 cm³/mol. The summed E-state index contributed by atoms with van der Waals surface area (Å²) in [5, 5.41) is 0. The topological polar surface area (TPSA) is 72.2 Å². The number of benzene rings is 1. The molecular formula is C18H28N2O2S. The number of anilines is 1. The van der Waals surface area contributed by atoms with E-state index >= 15 is 0 Å². The van der Waals surface area contributed by atoms with Gasteiger partial charge in [-0.25, -0.2) is 13.1 Å². The summed E-state index contributed by atoms with van der Waals surface area (Å²) < 4.78 is 26.9. The maximum absolute atomic E-state index is 12.1. The Kier molecular flexibility index (Phi) is 5.53. The Morgan fingerprint density at radius 3 is 2.57 bits per heavy atom. The van der Waals surface area contributed by atoms with Gasteiger partial charge < -0.3 is 5.73 Å². The van der Waals surface area contributed by atoms with Gasteiger partial charge in [0.2, 0.25) is 10.0 Å². The summed E-state index contributed by atoms with van der Waals surface area (Å²) >= 11 is 0. The van der Waals surface area contributed by atoms with Crippen LogP contribution in [0.3, 0.4) is 0 Å². The number of nitrogens with one attached hydrogen (secondary N) is 1. The van der Waals surface area contributed by atoms with Crippen molar-refractivity contribution in [2.45, 2.75) is 58.4 Å². The zero-order valence-electron chi connectivity index (χ0n) is 14.4. The monoisotopic (exact) mass is 336 g/mol. The third-order valence-electron chi connectivity index (χ3n) is 3.88. The molecule has 0 heterocycles. The summed E-state index contributed by atoms with van der Waals surface area (Å²) in [6.07, 6.45) is 7.34. The zero-order chi connectivity index (χ0) is 17.1. The number of sulfonamides is 1. The molecule has 0 unspecified atom stereocenters. The lowest BCUT2D eigenvalue weighted by molar-refractivity contribution is 0.491. The number of aryl methyl sites for hydroxylation is 1. The second-order valence-electron chi connectivity index (χ2n) is 7.32. The van der Waals surface area contributed by atoms with Crippen LogP contribution in [0.15, 0.2) is 24.3 Å². The minimum absolute atomic E-state index is 0.0900. The van der Waals surface area contributed by atoms with E-state index in [0.717, 1.165) is 29.7 Å². The molecule has 3 N–H and O–H groups in total. The van der Waals surface area contributed by atoms with Gasteiger partial charge in [-0.2, -0.15) is 0 Å². The van der Waals surface area contributed by atoms with Crippen LogP contribution in [0.4, 0.5) is 5.69 Å². The van der Waals surface area contributed by atoms with Gasteiger partial charge in [-0.15, -0.1) is 0 Å². The van der Waals surface area contributed by atoms with Gasteiger partial charge in [-0.3, -0.25) is 0 Å². The summed E-state index contributed by atoms with van der Waals surface area (Å²) in [5.74, 6) is 0.0900. The molecule has 0 radical (unpaired) electrons. The van der Waals surface area contributed by atoms with Gasteiger partial charge in [0, 0.05) is 16.8 Å². The van der Waals surface area contributed by atoms with Crippen LogP contribution >= 0.6 is 0 Å². The molecule has 0 bridgehead atoms. The minimum atomic E-state index is -3.28. The van der Waals surface area contributed by atoms with Crippen molar-refractivity contribution in [2.75, 3.05) is 11.5 Å². The number of nitrogen functional groups attached to an aromatic ring is 1. The van der Waals surface area contributed by atoms with Crippen molar-refractivity contribution in [3.05, 3.63) is 35.4 Å². The van der Waals surface area contributed by atoms with E-state index in [1.807, 2.05) is 32.9 Å². The van der Waals surface area contributed by atoms with Crippen LogP contribution in [-0.2, 0) is 16.4 Å². The number of hydrogen-bond donors (Lipinski definition) is 2. The first-order valence-corrected chi connectivity index (χ1v) is 9.91. The molecule has 0 spiro atoms. The molecule has 128 valence electrons. The minimum Gasteiger partial charge on any atom is -0.398 e. The van der Waals surface area contributed by atoms with Crippen molar-refractivity contribution in [2.24, 2.45) is 0 Å². The number of nitrogens with two attached hydrogens (primary N) is 1. The predicted octanol–water partition coefficient (Wildman–Crippen LogP) is 3.49. The maximum atomic E-state index is 12.1. The smallest absolute Gasteiger partial charge is 0.212 e. The van der Waals surface area contributed by atoms with Crippen molar-refractivity contribution in [1.82, 2.24) is 4.72 Å². The molecule has 0 aromatic heterocycles. The van der Waals surface area contributed by atoms with Gasteiger partial charge >= 0.3 is 0 Å². The molecule has 1 aromatic carbocycles. The normalized spacial score (nSPS) is 16.2. The largest absolute Gasteiger partial charge is 0.398 e. The fraction of sp³-hybridized carbons (Fsp3) is 0.556. The molecule has 4 nitrogen and oxygen atoms in total. The Morgan fingerprint density at radius 1 is 1.22 bits per heavy atom. The van der Waals surface area contributed by atoms with Crippen molar-refractivity contribution in [1.29, 1.82) is 0 Å². The summed E-state index contributed by atoms with van der Waals surface area (Å²) in [7, 11) is -3.28. The summed E-state index contributed by atoms with van der Waals surface area (Å²) in [4.78, 5) is 0. The number of allylic oxidation sites excluding steroid dienone is 2. The Bertz CT molecular complexity index is 685.